The summed E-state index contributed by atoms with van der Waals surface area (Å²) in [5, 5.41) is 0. The van der Waals surface area contributed by atoms with E-state index in [0.29, 0.717) is 0 Å². The van der Waals surface area contributed by atoms with Crippen molar-refractivity contribution >= 4 is 21.8 Å². The Morgan fingerprint density at radius 2 is 0.848 bits per heavy atom. The monoisotopic (exact) mass is 476 g/mol. The average Bonchev–Trinajstić information content (AvgIpc) is 2.71. The first-order valence-corrected chi connectivity index (χ1v) is 13.0. The van der Waals surface area contributed by atoms with E-state index in [-0.39, 0.29) is 0 Å². The van der Waals surface area contributed by atoms with Gasteiger partial charge in [-0.15, -0.1) is 0 Å². The van der Waals surface area contributed by atoms with Crippen molar-refractivity contribution in [1.82, 2.24) is 8.97 Å². The van der Waals surface area contributed by atoms with Crippen molar-refractivity contribution in [1.29, 1.82) is 0 Å². The predicted molar refractivity (Wildman–Crippen MR) is 136 cm³/mol. The molecule has 0 saturated heterocycles. The summed E-state index contributed by atoms with van der Waals surface area (Å²) >= 11 is 0. The molecule has 2 aliphatic carbocycles. The minimum atomic E-state index is -5.17. The molecule has 6 nitrogen and oxygen atoms in total. The number of aryl methyl sites for hydroxylation is 4. The van der Waals surface area contributed by atoms with Crippen molar-refractivity contribution in [2.24, 2.45) is 0 Å². The molecule has 0 amide bonds. The summed E-state index contributed by atoms with van der Waals surface area (Å²) in [7, 11) is 8.19. The van der Waals surface area contributed by atoms with Crippen LogP contribution in [0.4, 0.5) is 11.4 Å². The van der Waals surface area contributed by atoms with Crippen LogP contribution in [0.15, 0.2) is 36.4 Å². The van der Waals surface area contributed by atoms with Gasteiger partial charge in [-0.05, 0) is 85.8 Å². The van der Waals surface area contributed by atoms with E-state index >= 15 is 0 Å². The van der Waals surface area contributed by atoms with E-state index in [9.17, 15) is 0 Å². The summed E-state index contributed by atoms with van der Waals surface area (Å²) in [6.45, 7) is 0. The largest absolute Gasteiger partial charge is 0.759 e. The van der Waals surface area contributed by atoms with Gasteiger partial charge in [0.2, 0.25) is 0 Å². The van der Waals surface area contributed by atoms with Crippen LogP contribution in [0.5, 0.6) is 0 Å². The number of rotatable bonds is 2. The molecular weight excluding hydrogens is 436 g/mol. The number of nitrogens with zero attached hydrogens (tertiary/aromatic N) is 2. The third-order valence-corrected chi connectivity index (χ3v) is 6.21. The number of benzene rings is 2. The molecule has 4 rings (SSSR count). The first kappa shape index (κ1) is 27.5. The van der Waals surface area contributed by atoms with Gasteiger partial charge in [0.1, 0.15) is 11.4 Å². The van der Waals surface area contributed by atoms with E-state index in [1.54, 1.807) is 22.3 Å². The second-order valence-corrected chi connectivity index (χ2v) is 11.6. The molecule has 184 valence electrons. The van der Waals surface area contributed by atoms with Crippen molar-refractivity contribution < 1.29 is 17.5 Å². The van der Waals surface area contributed by atoms with E-state index in [1.807, 2.05) is 0 Å². The molecule has 0 aromatic heterocycles. The van der Waals surface area contributed by atoms with Gasteiger partial charge in [0.15, 0.2) is 0 Å². The molecule has 0 heterocycles. The van der Waals surface area contributed by atoms with Crippen LogP contribution in [-0.4, -0.2) is 59.8 Å². The van der Waals surface area contributed by atoms with Gasteiger partial charge in [-0.1, -0.05) is 12.1 Å². The van der Waals surface area contributed by atoms with Crippen LogP contribution in [0.1, 0.15) is 47.9 Å². The lowest BCUT2D eigenvalue weighted by Gasteiger charge is -2.25. The highest BCUT2D eigenvalue weighted by molar-refractivity contribution is 7.79. The topological polar surface area (TPSA) is 80.3 Å². The lowest BCUT2D eigenvalue weighted by atomic mass is 9.91. The Bertz CT molecular complexity index is 958. The van der Waals surface area contributed by atoms with Crippen molar-refractivity contribution in [3.8, 4) is 0 Å². The number of hydrogen-bond acceptors (Lipinski definition) is 4. The van der Waals surface area contributed by atoms with Crippen molar-refractivity contribution in [3.63, 3.8) is 0 Å². The van der Waals surface area contributed by atoms with Gasteiger partial charge in [-0.2, -0.15) is 0 Å². The molecule has 0 radical (unpaired) electrons. The predicted octanol–water partition coefficient (Wildman–Crippen LogP) is 4.19. The Labute approximate surface area is 200 Å². The van der Waals surface area contributed by atoms with Crippen LogP contribution in [0.25, 0.3) is 0 Å². The summed E-state index contributed by atoms with van der Waals surface area (Å²) in [6.07, 6.45) is 10.6. The van der Waals surface area contributed by atoms with Gasteiger partial charge in [0.25, 0.3) is 0 Å². The Hall–Kier alpha value is -1.77. The highest BCUT2D eigenvalue weighted by Gasteiger charge is 2.17. The van der Waals surface area contributed by atoms with Crippen molar-refractivity contribution in [2.45, 2.75) is 51.4 Å². The normalized spacial score (nSPS) is 15.8. The summed E-state index contributed by atoms with van der Waals surface area (Å²) in [5.74, 6) is 0. The molecule has 0 aliphatic heterocycles. The van der Waals surface area contributed by atoms with Gasteiger partial charge in [0, 0.05) is 22.5 Å². The van der Waals surface area contributed by atoms with Crippen LogP contribution in [-0.2, 0) is 36.1 Å². The van der Waals surface area contributed by atoms with Crippen molar-refractivity contribution in [2.75, 3.05) is 42.3 Å². The molecule has 0 unspecified atom stereocenters. The zero-order valence-corrected chi connectivity index (χ0v) is 21.9. The highest BCUT2D eigenvalue weighted by Crippen LogP contribution is 2.28. The van der Waals surface area contributed by atoms with Gasteiger partial charge in [0.05, 0.1) is 42.3 Å². The van der Waals surface area contributed by atoms with Gasteiger partial charge < -0.3 is 9.11 Å². The minimum absolute atomic E-state index is 0.924. The molecule has 0 N–H and O–H groups in total. The summed E-state index contributed by atoms with van der Waals surface area (Å²) < 4.78 is 35.9. The van der Waals surface area contributed by atoms with Crippen LogP contribution in [0.2, 0.25) is 0 Å². The van der Waals surface area contributed by atoms with Crippen LogP contribution >= 0.6 is 0 Å². The summed E-state index contributed by atoms with van der Waals surface area (Å²) in [6, 6.07) is 14.0. The quantitative estimate of drug-likeness (QED) is 0.370. The third-order valence-electron chi connectivity index (χ3n) is 6.21. The van der Waals surface area contributed by atoms with Crippen LogP contribution < -0.4 is 8.97 Å². The summed E-state index contributed by atoms with van der Waals surface area (Å²) in [5.41, 5.74) is 9.17. The standard InChI is InChI=1S/2C13H20N.H2O4S/c2*1-14(2,3)13-9-8-11-6-4-5-7-12(11)10-13;1-5(2,3)4/h2*8-10H,4-7H2,1-3H3;(H2,1,2,3,4)/q2*+1;/p-2. The van der Waals surface area contributed by atoms with E-state index < -0.39 is 10.4 Å². The molecule has 2 aromatic carbocycles. The van der Waals surface area contributed by atoms with Gasteiger partial charge >= 0.3 is 0 Å². The molecule has 33 heavy (non-hydrogen) atoms. The lowest BCUT2D eigenvalue weighted by molar-refractivity contribution is 0.352. The second kappa shape index (κ2) is 11.1. The highest BCUT2D eigenvalue weighted by atomic mass is 32.3. The zero-order valence-electron chi connectivity index (χ0n) is 21.1. The van der Waals surface area contributed by atoms with E-state index in [1.165, 1.54) is 62.7 Å². The van der Waals surface area contributed by atoms with Gasteiger partial charge in [-0.3, -0.25) is 17.4 Å². The zero-order chi connectivity index (χ0) is 24.9. The molecule has 0 spiro atoms. The Kier molecular flexibility index (Phi) is 9.24. The molecule has 0 bridgehead atoms. The molecule has 2 aliphatic rings. The molecule has 0 atom stereocenters. The maximum Gasteiger partial charge on any atom is 0.132 e. The second-order valence-electron chi connectivity index (χ2n) is 10.8. The number of hydrogen-bond donors (Lipinski definition) is 0. The average molecular weight is 477 g/mol. The molecular formula is C26H40N2O4S. The summed E-state index contributed by atoms with van der Waals surface area (Å²) in [4.78, 5) is 0. The SMILES string of the molecule is C[N+](C)(C)c1ccc2c(c1)CCCC2.C[N+](C)(C)c1ccc2c(c1)CCCC2.O=S(=O)([O-])[O-]. The first-order chi connectivity index (χ1) is 15.1. The molecule has 0 saturated carbocycles. The smallest absolute Gasteiger partial charge is 0.132 e. The fourth-order valence-electron chi connectivity index (χ4n) is 4.27. The fourth-order valence-corrected chi connectivity index (χ4v) is 4.27. The van der Waals surface area contributed by atoms with Crippen LogP contribution in [0, 0.1) is 0 Å². The Morgan fingerprint density at radius 1 is 0.576 bits per heavy atom. The molecule has 0 fully saturated rings. The first-order valence-electron chi connectivity index (χ1n) is 11.7. The van der Waals surface area contributed by atoms with Crippen molar-refractivity contribution in [3.05, 3.63) is 58.7 Å². The Balaban J connectivity index is 0.000000195. The third kappa shape index (κ3) is 9.55. The lowest BCUT2D eigenvalue weighted by Crippen LogP contribution is -2.34. The number of quaternary nitrogens is 2. The Morgan fingerprint density at radius 3 is 1.12 bits per heavy atom. The molecule has 2 aromatic rings. The maximum atomic E-state index is 8.52. The van der Waals surface area contributed by atoms with Gasteiger partial charge in [-0.25, -0.2) is 0 Å². The maximum absolute atomic E-state index is 8.52. The van der Waals surface area contributed by atoms with Crippen LogP contribution in [0.3, 0.4) is 0 Å². The fraction of sp³-hybridized carbons (Fsp3) is 0.538. The van der Waals surface area contributed by atoms with E-state index in [2.05, 4.69) is 78.7 Å². The minimum Gasteiger partial charge on any atom is -0.759 e. The van der Waals surface area contributed by atoms with E-state index in [4.69, 9.17) is 17.5 Å². The molecule has 7 heteroatoms. The van der Waals surface area contributed by atoms with E-state index in [0.717, 1.165) is 8.97 Å². The number of fused-ring (bicyclic) bond motifs is 2.